The molecule has 0 bridgehead atoms. The Balaban J connectivity index is 0.000000143. The van der Waals surface area contributed by atoms with Crippen LogP contribution in [-0.4, -0.2) is 85.8 Å². The number of ether oxygens (including phenoxy) is 1. The number of esters is 1. The van der Waals surface area contributed by atoms with Gasteiger partial charge in [0.05, 0.1) is 80.1 Å². The molecule has 436 valence electrons. The number of hydrogen-bond acceptors (Lipinski definition) is 13. The average molecular weight is 1130 g/mol. The summed E-state index contributed by atoms with van der Waals surface area (Å²) in [6.45, 7) is 22.6. The molecular weight excluding hydrogens is 1050 g/mol. The van der Waals surface area contributed by atoms with Gasteiger partial charge in [-0.25, -0.2) is 19.9 Å². The number of nitrogens with one attached hydrogen (secondary N) is 2. The summed E-state index contributed by atoms with van der Waals surface area (Å²) in [7, 11) is -0.248. The van der Waals surface area contributed by atoms with Crippen LogP contribution in [0.25, 0.3) is 78.8 Å². The SMILES string of the molecule is CC(C)(C)OC(=O)CC1CC=C(B2OC(C)(C)C(C)(C)O2)CC1.Cc1cccc(-c2nc[nH]c2-c2ccc3ncc(C4=CCC(CC(C)C)CC4)cc3n2)n1.Cc1cccc(-c2nc[nH]c2-c2ccc3ncc(C4=CCC(N)CC4)cc3n2)n1. The number of aromatic amines is 2. The number of aryl methyl sites for hydroxylation is 2. The fourth-order valence-electron chi connectivity index (χ4n) is 11.4. The van der Waals surface area contributed by atoms with Gasteiger partial charge >= 0.3 is 13.1 Å². The van der Waals surface area contributed by atoms with E-state index in [0.29, 0.717) is 12.3 Å². The Morgan fingerprint density at radius 1 is 0.643 bits per heavy atom. The summed E-state index contributed by atoms with van der Waals surface area (Å²) in [6.07, 6.45) is 25.2. The molecule has 8 aromatic rings. The maximum absolute atomic E-state index is 11.9. The molecule has 1 saturated heterocycles. The predicted molar refractivity (Wildman–Crippen MR) is 337 cm³/mol. The van der Waals surface area contributed by atoms with E-state index in [1.54, 1.807) is 12.7 Å². The number of carbonyl (C=O) groups is 1. The number of carbonyl (C=O) groups excluding carboxylic acids is 1. The minimum Gasteiger partial charge on any atom is -0.460 e. The third kappa shape index (κ3) is 14.5. The van der Waals surface area contributed by atoms with Crippen molar-refractivity contribution in [3.8, 4) is 45.6 Å². The number of nitrogens with zero attached hydrogens (tertiary/aromatic N) is 8. The van der Waals surface area contributed by atoms with Gasteiger partial charge in [-0.2, -0.15) is 0 Å². The second-order valence-electron chi connectivity index (χ2n) is 25.6. The zero-order valence-electron chi connectivity index (χ0n) is 50.9. The first-order chi connectivity index (χ1) is 40.1. The van der Waals surface area contributed by atoms with E-state index in [1.165, 1.54) is 41.4 Å². The number of aromatic nitrogens is 10. The van der Waals surface area contributed by atoms with E-state index < -0.39 is 5.60 Å². The molecule has 15 nitrogen and oxygen atoms in total. The molecule has 1 aliphatic heterocycles. The predicted octanol–water partition coefficient (Wildman–Crippen LogP) is 15.0. The van der Waals surface area contributed by atoms with E-state index in [0.717, 1.165) is 141 Å². The van der Waals surface area contributed by atoms with Crippen molar-refractivity contribution < 1.29 is 18.8 Å². The Kier molecular flexibility index (Phi) is 18.0. The number of H-pyrrole nitrogens is 2. The first-order valence-corrected chi connectivity index (χ1v) is 30.0. The molecule has 1 fully saturated rings. The van der Waals surface area contributed by atoms with Crippen LogP contribution in [0.2, 0.25) is 0 Å². The molecule has 3 atom stereocenters. The van der Waals surface area contributed by atoms with Gasteiger partial charge < -0.3 is 29.7 Å². The van der Waals surface area contributed by atoms with Crippen LogP contribution in [-0.2, 0) is 18.8 Å². The second-order valence-corrected chi connectivity index (χ2v) is 25.6. The molecule has 0 spiro atoms. The summed E-state index contributed by atoms with van der Waals surface area (Å²) in [6, 6.07) is 24.5. The molecule has 8 aromatic heterocycles. The van der Waals surface area contributed by atoms with Crippen LogP contribution in [0.1, 0.15) is 155 Å². The van der Waals surface area contributed by atoms with Crippen LogP contribution >= 0.6 is 0 Å². The molecule has 3 unspecified atom stereocenters. The molecule has 16 heteroatoms. The van der Waals surface area contributed by atoms with Crippen LogP contribution in [0, 0.1) is 31.6 Å². The summed E-state index contributed by atoms with van der Waals surface area (Å²) >= 11 is 0. The van der Waals surface area contributed by atoms with Gasteiger partial charge in [0.1, 0.15) is 17.0 Å². The van der Waals surface area contributed by atoms with Crippen molar-refractivity contribution in [3.05, 3.63) is 144 Å². The summed E-state index contributed by atoms with van der Waals surface area (Å²) < 4.78 is 17.6. The van der Waals surface area contributed by atoms with Crippen molar-refractivity contribution in [3.63, 3.8) is 0 Å². The Morgan fingerprint density at radius 2 is 1.15 bits per heavy atom. The minimum atomic E-state index is -0.407. The quantitative estimate of drug-likeness (QED) is 0.0815. The summed E-state index contributed by atoms with van der Waals surface area (Å²) in [4.78, 5) is 55.8. The first kappa shape index (κ1) is 59.6. The zero-order chi connectivity index (χ0) is 59.3. The summed E-state index contributed by atoms with van der Waals surface area (Å²) in [5.74, 6) is 1.83. The van der Waals surface area contributed by atoms with Gasteiger partial charge in [-0.1, -0.05) is 44.2 Å². The number of pyridine rings is 6. The fourth-order valence-corrected chi connectivity index (χ4v) is 11.4. The van der Waals surface area contributed by atoms with E-state index in [9.17, 15) is 4.79 Å². The monoisotopic (exact) mass is 1130 g/mol. The average Bonchev–Trinajstić information content (AvgIpc) is 2.50. The maximum Gasteiger partial charge on any atom is 0.490 e. The van der Waals surface area contributed by atoms with Crippen molar-refractivity contribution in [2.75, 3.05) is 0 Å². The van der Waals surface area contributed by atoms with E-state index in [-0.39, 0.29) is 30.3 Å². The van der Waals surface area contributed by atoms with Gasteiger partial charge in [0, 0.05) is 36.2 Å². The lowest BCUT2D eigenvalue weighted by atomic mass is 9.70. The Bertz CT molecular complexity index is 3720. The van der Waals surface area contributed by atoms with Gasteiger partial charge in [-0.15, -0.1) is 0 Å². The highest BCUT2D eigenvalue weighted by molar-refractivity contribution is 6.54. The molecule has 4 aliphatic rings. The van der Waals surface area contributed by atoms with Gasteiger partial charge in [0.2, 0.25) is 0 Å². The van der Waals surface area contributed by atoms with E-state index >= 15 is 0 Å². The molecule has 0 amide bonds. The Labute approximate surface area is 495 Å². The smallest absolute Gasteiger partial charge is 0.460 e. The standard InChI is InChI=1S/C27H29N5.C23H22N6.C18H31BO4/c1-17(2)13-19-7-9-20(10-8-19)21-14-25-22(28-15-21)11-12-24(32-25)27-26(29-16-30-27)23-6-4-5-18(3)31-23;1-14-3-2-4-19(28-14)22-23(27-13-26-22)20-10-9-18-21(29-20)11-16(12-25-18)15-5-7-17(24)8-6-15;1-16(2,3)21-15(20)12-13-8-10-14(11-9-13)19-22-17(4,5)18(6,7)23-19/h4-6,9,11-12,14-17,19H,7-8,10,13H2,1-3H3,(H,29,30);2-5,9-13,17H,6-8,24H2,1H3,(H,26,27);10,13H,8-9,11-12H2,1-7H3. The number of hydrogen-bond donors (Lipinski definition) is 3. The van der Waals surface area contributed by atoms with Crippen LogP contribution in [0.5, 0.6) is 0 Å². The lowest BCUT2D eigenvalue weighted by Gasteiger charge is -2.32. The highest BCUT2D eigenvalue weighted by Gasteiger charge is 2.52. The third-order valence-electron chi connectivity index (χ3n) is 16.6. The van der Waals surface area contributed by atoms with Crippen molar-refractivity contribution in [2.45, 2.75) is 170 Å². The molecule has 4 N–H and O–H groups in total. The van der Waals surface area contributed by atoms with Crippen LogP contribution in [0.3, 0.4) is 0 Å². The fraction of sp³-hybridized carbons (Fsp3) is 0.426. The third-order valence-corrected chi connectivity index (χ3v) is 16.6. The molecule has 0 saturated carbocycles. The van der Waals surface area contributed by atoms with E-state index in [4.69, 9.17) is 34.7 Å². The van der Waals surface area contributed by atoms with Crippen molar-refractivity contribution in [2.24, 2.45) is 23.5 Å². The second kappa shape index (κ2) is 25.4. The van der Waals surface area contributed by atoms with Gasteiger partial charge in [-0.05, 0) is 233 Å². The highest BCUT2D eigenvalue weighted by atomic mass is 16.7. The number of allylic oxidation sites excluding steroid dienone is 5. The topological polar surface area (TPSA) is 205 Å². The largest absolute Gasteiger partial charge is 0.490 e. The van der Waals surface area contributed by atoms with Crippen molar-refractivity contribution >= 4 is 46.3 Å². The van der Waals surface area contributed by atoms with Crippen LogP contribution in [0.15, 0.2) is 122 Å². The van der Waals surface area contributed by atoms with Crippen LogP contribution < -0.4 is 5.73 Å². The van der Waals surface area contributed by atoms with Gasteiger partial charge in [0.25, 0.3) is 0 Å². The zero-order valence-corrected chi connectivity index (χ0v) is 50.9. The van der Waals surface area contributed by atoms with Gasteiger partial charge in [0.15, 0.2) is 0 Å². The molecular formula is C68H82BN11O4. The first-order valence-electron chi connectivity index (χ1n) is 30.0. The minimum absolute atomic E-state index is 0.102. The molecule has 0 aromatic carbocycles. The number of nitrogens with two attached hydrogens (primary N) is 1. The lowest BCUT2D eigenvalue weighted by molar-refractivity contribution is -0.156. The van der Waals surface area contributed by atoms with E-state index in [1.807, 2.05) is 108 Å². The highest BCUT2D eigenvalue weighted by Crippen LogP contribution is 2.42. The summed E-state index contributed by atoms with van der Waals surface area (Å²) in [5.41, 5.74) is 23.4. The lowest BCUT2D eigenvalue weighted by Crippen LogP contribution is -2.41. The van der Waals surface area contributed by atoms with E-state index in [2.05, 4.69) is 107 Å². The molecule has 12 rings (SSSR count). The summed E-state index contributed by atoms with van der Waals surface area (Å²) in [5, 5.41) is 0. The van der Waals surface area contributed by atoms with Crippen molar-refractivity contribution in [1.82, 2.24) is 49.8 Å². The van der Waals surface area contributed by atoms with Crippen molar-refractivity contribution in [1.29, 1.82) is 0 Å². The van der Waals surface area contributed by atoms with Gasteiger partial charge in [-0.3, -0.25) is 24.7 Å². The normalized spacial score (nSPS) is 19.4. The maximum atomic E-state index is 11.9. The molecule has 9 heterocycles. The molecule has 3 aliphatic carbocycles. The Morgan fingerprint density at radius 3 is 1.61 bits per heavy atom. The number of imidazole rings is 2. The number of rotatable bonds is 11. The Hall–Kier alpha value is -7.53. The molecule has 84 heavy (non-hydrogen) atoms. The van der Waals surface area contributed by atoms with Crippen LogP contribution in [0.4, 0.5) is 0 Å². The number of fused-ring (bicyclic) bond motifs is 2. The molecule has 0 radical (unpaired) electrons.